The minimum absolute atomic E-state index is 0.140. The molecular formula is C26H24F3N5O2. The van der Waals surface area contributed by atoms with Crippen molar-refractivity contribution in [2.45, 2.75) is 45.5 Å². The predicted octanol–water partition coefficient (Wildman–Crippen LogP) is 5.56. The van der Waals surface area contributed by atoms with Gasteiger partial charge in [-0.25, -0.2) is 19.7 Å². The lowest BCUT2D eigenvalue weighted by molar-refractivity contribution is -0.137. The van der Waals surface area contributed by atoms with Gasteiger partial charge in [0, 0.05) is 24.7 Å². The number of aromatic carboxylic acids is 1. The number of rotatable bonds is 5. The third-order valence-corrected chi connectivity index (χ3v) is 6.50. The molecule has 0 saturated carbocycles. The first-order chi connectivity index (χ1) is 17.1. The number of hydrogen-bond donors (Lipinski definition) is 1. The molecule has 186 valence electrons. The topological polar surface area (TPSA) is 84.1 Å². The number of nitrogens with zero attached hydrogens (tertiary/aromatic N) is 5. The lowest BCUT2D eigenvalue weighted by atomic mass is 10.1. The number of carboxylic acids is 1. The molecule has 1 aliphatic heterocycles. The van der Waals surface area contributed by atoms with Gasteiger partial charge in [-0.1, -0.05) is 35.9 Å². The molecule has 7 nitrogen and oxygen atoms in total. The number of fused-ring (bicyclic) bond motifs is 1. The summed E-state index contributed by atoms with van der Waals surface area (Å²) in [7, 11) is 0. The molecule has 2 aromatic carbocycles. The summed E-state index contributed by atoms with van der Waals surface area (Å²) in [6.07, 6.45) is -2.55. The molecule has 0 aliphatic carbocycles. The van der Waals surface area contributed by atoms with Crippen LogP contribution in [0.3, 0.4) is 0 Å². The second-order valence-electron chi connectivity index (χ2n) is 9.12. The summed E-state index contributed by atoms with van der Waals surface area (Å²) in [4.78, 5) is 27.3. The zero-order valence-corrected chi connectivity index (χ0v) is 19.8. The van der Waals surface area contributed by atoms with Crippen molar-refractivity contribution in [3.63, 3.8) is 0 Å². The number of imidazole rings is 1. The number of carbonyl (C=O) groups is 1. The molecule has 2 aromatic heterocycles. The fourth-order valence-electron chi connectivity index (χ4n) is 4.70. The van der Waals surface area contributed by atoms with Gasteiger partial charge in [-0.15, -0.1) is 0 Å². The molecule has 10 heteroatoms. The Bertz CT molecular complexity index is 1450. The second-order valence-corrected chi connectivity index (χ2v) is 9.12. The van der Waals surface area contributed by atoms with Gasteiger partial charge in [0.15, 0.2) is 11.5 Å². The normalized spacial score (nSPS) is 16.1. The van der Waals surface area contributed by atoms with E-state index in [-0.39, 0.29) is 24.1 Å². The van der Waals surface area contributed by atoms with Crippen LogP contribution in [-0.2, 0) is 12.7 Å². The first kappa shape index (κ1) is 23.8. The molecule has 0 radical (unpaired) electrons. The Morgan fingerprint density at radius 1 is 1.11 bits per heavy atom. The van der Waals surface area contributed by atoms with E-state index < -0.39 is 17.7 Å². The Morgan fingerprint density at radius 3 is 2.47 bits per heavy atom. The Hall–Kier alpha value is -3.95. The average molecular weight is 496 g/mol. The molecular weight excluding hydrogens is 471 g/mol. The highest BCUT2D eigenvalue weighted by Crippen LogP contribution is 2.35. The Kier molecular flexibility index (Phi) is 5.89. The molecule has 5 rings (SSSR count). The average Bonchev–Trinajstić information content (AvgIpc) is 3.42. The molecule has 1 aliphatic rings. The van der Waals surface area contributed by atoms with Crippen LogP contribution in [0.2, 0.25) is 0 Å². The number of alkyl halides is 3. The molecule has 0 spiro atoms. The van der Waals surface area contributed by atoms with Crippen LogP contribution in [0.4, 0.5) is 19.0 Å². The molecule has 1 N–H and O–H groups in total. The lowest BCUT2D eigenvalue weighted by Crippen LogP contribution is -2.29. The SMILES string of the molecule is Cc1cccc(-c2nc3nc(C(=O)O)nc(N4CCC[C@@H]4C)c3n2Cc2ccc(C(F)(F)F)cc2)c1. The molecule has 0 amide bonds. The molecule has 0 bridgehead atoms. The maximum Gasteiger partial charge on any atom is 0.416 e. The van der Waals surface area contributed by atoms with Crippen LogP contribution in [0.1, 0.15) is 47.1 Å². The molecule has 36 heavy (non-hydrogen) atoms. The Balaban J connectivity index is 1.74. The summed E-state index contributed by atoms with van der Waals surface area (Å²) < 4.78 is 41.2. The molecule has 1 atom stereocenters. The van der Waals surface area contributed by atoms with E-state index in [0.29, 0.717) is 29.3 Å². The van der Waals surface area contributed by atoms with Gasteiger partial charge in [0.2, 0.25) is 5.82 Å². The van der Waals surface area contributed by atoms with E-state index in [9.17, 15) is 23.1 Å². The van der Waals surface area contributed by atoms with E-state index in [2.05, 4.69) is 21.8 Å². The van der Waals surface area contributed by atoms with Crippen molar-refractivity contribution in [2.24, 2.45) is 0 Å². The van der Waals surface area contributed by atoms with Crippen molar-refractivity contribution in [3.05, 3.63) is 71.0 Å². The fraction of sp³-hybridized carbons (Fsp3) is 0.308. The van der Waals surface area contributed by atoms with Gasteiger partial charge in [0.05, 0.1) is 5.56 Å². The highest BCUT2D eigenvalue weighted by Gasteiger charge is 2.31. The van der Waals surface area contributed by atoms with Crippen LogP contribution in [0.5, 0.6) is 0 Å². The number of hydrogen-bond acceptors (Lipinski definition) is 5. The van der Waals surface area contributed by atoms with E-state index in [4.69, 9.17) is 4.98 Å². The van der Waals surface area contributed by atoms with Gasteiger partial charge in [-0.05, 0) is 50.5 Å². The minimum Gasteiger partial charge on any atom is -0.475 e. The Morgan fingerprint density at radius 2 is 1.86 bits per heavy atom. The quantitative estimate of drug-likeness (QED) is 0.391. The van der Waals surface area contributed by atoms with Crippen molar-refractivity contribution < 1.29 is 23.1 Å². The summed E-state index contributed by atoms with van der Waals surface area (Å²) in [5, 5.41) is 9.66. The smallest absolute Gasteiger partial charge is 0.416 e. The number of aryl methyl sites for hydroxylation is 1. The highest BCUT2D eigenvalue weighted by molar-refractivity contribution is 5.92. The van der Waals surface area contributed by atoms with E-state index in [1.807, 2.05) is 35.8 Å². The fourth-order valence-corrected chi connectivity index (χ4v) is 4.70. The van der Waals surface area contributed by atoms with Gasteiger partial charge in [-0.2, -0.15) is 13.2 Å². The van der Waals surface area contributed by atoms with Crippen molar-refractivity contribution in [3.8, 4) is 11.4 Å². The van der Waals surface area contributed by atoms with Gasteiger partial charge < -0.3 is 14.6 Å². The molecule has 4 aromatic rings. The lowest BCUT2D eigenvalue weighted by Gasteiger charge is -2.24. The van der Waals surface area contributed by atoms with E-state index in [0.717, 1.165) is 36.1 Å². The summed E-state index contributed by atoms with van der Waals surface area (Å²) in [5.74, 6) is -0.579. The van der Waals surface area contributed by atoms with Crippen LogP contribution in [0.25, 0.3) is 22.6 Å². The highest BCUT2D eigenvalue weighted by atomic mass is 19.4. The van der Waals surface area contributed by atoms with Crippen molar-refractivity contribution in [1.82, 2.24) is 19.5 Å². The van der Waals surface area contributed by atoms with Crippen LogP contribution >= 0.6 is 0 Å². The first-order valence-electron chi connectivity index (χ1n) is 11.6. The summed E-state index contributed by atoms with van der Waals surface area (Å²) >= 11 is 0. The number of carboxylic acid groups (broad SMARTS) is 1. The second kappa shape index (κ2) is 8.92. The van der Waals surface area contributed by atoms with Crippen molar-refractivity contribution >= 4 is 23.0 Å². The van der Waals surface area contributed by atoms with Gasteiger partial charge in [-0.3, -0.25) is 0 Å². The molecule has 1 fully saturated rings. The van der Waals surface area contributed by atoms with E-state index >= 15 is 0 Å². The van der Waals surface area contributed by atoms with Crippen molar-refractivity contribution in [2.75, 3.05) is 11.4 Å². The maximum absolute atomic E-state index is 13.1. The largest absolute Gasteiger partial charge is 0.475 e. The molecule has 3 heterocycles. The van der Waals surface area contributed by atoms with Gasteiger partial charge in [0.1, 0.15) is 11.3 Å². The summed E-state index contributed by atoms with van der Waals surface area (Å²) in [6, 6.07) is 12.8. The molecule has 0 unspecified atom stereocenters. The minimum atomic E-state index is -4.42. The van der Waals surface area contributed by atoms with E-state index in [1.165, 1.54) is 12.1 Å². The zero-order chi connectivity index (χ0) is 25.6. The third kappa shape index (κ3) is 4.38. The van der Waals surface area contributed by atoms with Crippen LogP contribution in [0.15, 0.2) is 48.5 Å². The maximum atomic E-state index is 13.1. The van der Waals surface area contributed by atoms with Gasteiger partial charge in [0.25, 0.3) is 0 Å². The van der Waals surface area contributed by atoms with Crippen molar-refractivity contribution in [1.29, 1.82) is 0 Å². The first-order valence-corrected chi connectivity index (χ1v) is 11.6. The molecule has 1 saturated heterocycles. The van der Waals surface area contributed by atoms with Gasteiger partial charge >= 0.3 is 12.1 Å². The number of halogens is 3. The Labute approximate surface area is 205 Å². The van der Waals surface area contributed by atoms with Crippen LogP contribution < -0.4 is 4.90 Å². The standard InChI is InChI=1S/C26H24F3N5O2/c1-15-5-3-7-18(13-15)23-31-21-20(34(23)14-17-8-10-19(11-9-17)26(27,28)29)24(32-22(30-21)25(35)36)33-12-4-6-16(33)2/h3,5,7-11,13,16H,4,6,12,14H2,1-2H3,(H,35,36)/t16-/m0/s1. The number of benzene rings is 2. The van der Waals surface area contributed by atoms with E-state index in [1.54, 1.807) is 0 Å². The summed E-state index contributed by atoms with van der Waals surface area (Å²) in [5.41, 5.74) is 2.51. The zero-order valence-electron chi connectivity index (χ0n) is 19.8. The number of anilines is 1. The predicted molar refractivity (Wildman–Crippen MR) is 129 cm³/mol. The van der Waals surface area contributed by atoms with Crippen LogP contribution in [-0.4, -0.2) is 43.2 Å². The number of aromatic nitrogens is 4. The van der Waals surface area contributed by atoms with Crippen LogP contribution in [0, 0.1) is 6.92 Å². The monoisotopic (exact) mass is 495 g/mol. The third-order valence-electron chi connectivity index (χ3n) is 6.50. The summed E-state index contributed by atoms with van der Waals surface area (Å²) in [6.45, 7) is 4.92.